The minimum absolute atomic E-state index is 0. The van der Waals surface area contributed by atoms with Gasteiger partial charge in [-0.2, -0.15) is 0 Å². The molecule has 148 valence electrons. The van der Waals surface area contributed by atoms with Gasteiger partial charge in [0.1, 0.15) is 0 Å². The van der Waals surface area contributed by atoms with Crippen molar-refractivity contribution < 1.29 is 0 Å². The number of likely N-dealkylation sites (tertiary alicyclic amines) is 1. The lowest BCUT2D eigenvalue weighted by Crippen LogP contribution is -2.40. The van der Waals surface area contributed by atoms with Gasteiger partial charge in [-0.1, -0.05) is 18.2 Å². The van der Waals surface area contributed by atoms with Crippen molar-refractivity contribution in [3.63, 3.8) is 0 Å². The first-order chi connectivity index (χ1) is 12.8. The zero-order chi connectivity index (χ0) is 17.8. The maximum absolute atomic E-state index is 4.37. The summed E-state index contributed by atoms with van der Waals surface area (Å²) in [5.74, 6) is 1.70. The number of aromatic nitrogens is 1. The number of nitrogens with zero attached hydrogens (tertiary/aromatic N) is 3. The molecular formula is C21H32IN5. The standard InChI is InChI=1S/C21H31N5.HI/c1-22-21(24-15-17-9-13-26(16-17)19-7-8-19)23-11-4-12-25-14-10-18-5-2-3-6-20(18)25;/h2-3,5-6,10,14,17,19H,4,7-9,11-13,15-16H2,1H3,(H2,22,23,24);1H. The fraction of sp³-hybridized carbons (Fsp3) is 0.571. The van der Waals surface area contributed by atoms with Crippen LogP contribution in [0.2, 0.25) is 0 Å². The average Bonchev–Trinajstić information content (AvgIpc) is 3.28. The Labute approximate surface area is 179 Å². The highest BCUT2D eigenvalue weighted by atomic mass is 127. The van der Waals surface area contributed by atoms with Gasteiger partial charge < -0.3 is 20.1 Å². The molecule has 2 heterocycles. The molecule has 0 amide bonds. The van der Waals surface area contributed by atoms with Crippen LogP contribution < -0.4 is 10.6 Å². The molecule has 2 aliphatic rings. The Bertz CT molecular complexity index is 752. The van der Waals surface area contributed by atoms with Crippen molar-refractivity contribution in [2.24, 2.45) is 10.9 Å². The third kappa shape index (κ3) is 5.38. The summed E-state index contributed by atoms with van der Waals surface area (Å²) in [6.45, 7) is 5.54. The first kappa shape index (κ1) is 20.5. The van der Waals surface area contributed by atoms with E-state index in [-0.39, 0.29) is 24.0 Å². The molecule has 2 aromatic rings. The SMILES string of the molecule is CN=C(NCCCn1ccc2ccccc21)NCC1CCN(C2CC2)C1.I. The number of para-hydroxylation sites is 1. The Balaban J connectivity index is 0.00000210. The van der Waals surface area contributed by atoms with E-state index in [4.69, 9.17) is 0 Å². The summed E-state index contributed by atoms with van der Waals surface area (Å²) in [6, 6.07) is 11.7. The van der Waals surface area contributed by atoms with E-state index < -0.39 is 0 Å². The van der Waals surface area contributed by atoms with E-state index >= 15 is 0 Å². The predicted octanol–water partition coefficient (Wildman–Crippen LogP) is 3.30. The zero-order valence-electron chi connectivity index (χ0n) is 16.2. The normalized spacial score (nSPS) is 20.6. The molecule has 1 aromatic carbocycles. The van der Waals surface area contributed by atoms with Gasteiger partial charge in [-0.3, -0.25) is 4.99 Å². The Morgan fingerprint density at radius 3 is 2.81 bits per heavy atom. The largest absolute Gasteiger partial charge is 0.356 e. The van der Waals surface area contributed by atoms with Gasteiger partial charge in [0.05, 0.1) is 0 Å². The van der Waals surface area contributed by atoms with E-state index in [1.807, 2.05) is 7.05 Å². The zero-order valence-corrected chi connectivity index (χ0v) is 18.6. The predicted molar refractivity (Wildman–Crippen MR) is 124 cm³/mol. The molecule has 2 N–H and O–H groups in total. The van der Waals surface area contributed by atoms with Crippen LogP contribution in [0, 0.1) is 5.92 Å². The summed E-state index contributed by atoms with van der Waals surface area (Å²) in [4.78, 5) is 7.04. The topological polar surface area (TPSA) is 44.6 Å². The fourth-order valence-corrected chi connectivity index (χ4v) is 4.05. The molecule has 4 rings (SSSR count). The highest BCUT2D eigenvalue weighted by Gasteiger charge is 2.34. The second-order valence-corrected chi connectivity index (χ2v) is 7.68. The summed E-state index contributed by atoms with van der Waals surface area (Å²) in [7, 11) is 1.86. The summed E-state index contributed by atoms with van der Waals surface area (Å²) < 4.78 is 2.33. The molecule has 1 aliphatic carbocycles. The van der Waals surface area contributed by atoms with Crippen LogP contribution in [0.25, 0.3) is 10.9 Å². The van der Waals surface area contributed by atoms with Gasteiger partial charge in [-0.15, -0.1) is 24.0 Å². The third-order valence-electron chi connectivity index (χ3n) is 5.71. The molecular weight excluding hydrogens is 449 g/mol. The molecule has 1 saturated heterocycles. The van der Waals surface area contributed by atoms with Crippen molar-refractivity contribution in [2.75, 3.05) is 33.2 Å². The number of hydrogen-bond donors (Lipinski definition) is 2. The number of guanidine groups is 1. The van der Waals surface area contributed by atoms with E-state index in [1.54, 1.807) is 0 Å². The number of nitrogens with one attached hydrogen (secondary N) is 2. The number of hydrogen-bond acceptors (Lipinski definition) is 2. The number of aliphatic imine (C=N–C) groups is 1. The Morgan fingerprint density at radius 2 is 2.00 bits per heavy atom. The molecule has 1 aromatic heterocycles. The van der Waals surface area contributed by atoms with Crippen LogP contribution >= 0.6 is 24.0 Å². The summed E-state index contributed by atoms with van der Waals surface area (Å²) >= 11 is 0. The summed E-state index contributed by atoms with van der Waals surface area (Å²) in [5, 5.41) is 8.30. The lowest BCUT2D eigenvalue weighted by molar-refractivity contribution is 0.314. The van der Waals surface area contributed by atoms with E-state index in [0.29, 0.717) is 0 Å². The summed E-state index contributed by atoms with van der Waals surface area (Å²) in [6.07, 6.45) is 7.42. The molecule has 1 unspecified atom stereocenters. The molecule has 0 radical (unpaired) electrons. The molecule has 2 fully saturated rings. The number of benzene rings is 1. The molecule has 27 heavy (non-hydrogen) atoms. The smallest absolute Gasteiger partial charge is 0.190 e. The third-order valence-corrected chi connectivity index (χ3v) is 5.71. The van der Waals surface area contributed by atoms with Crippen LogP contribution in [0.4, 0.5) is 0 Å². The van der Waals surface area contributed by atoms with Crippen molar-refractivity contribution in [1.29, 1.82) is 0 Å². The van der Waals surface area contributed by atoms with Crippen molar-refractivity contribution in [3.05, 3.63) is 36.5 Å². The van der Waals surface area contributed by atoms with Crippen molar-refractivity contribution in [2.45, 2.75) is 38.3 Å². The highest BCUT2D eigenvalue weighted by Crippen LogP contribution is 2.31. The van der Waals surface area contributed by atoms with Crippen LogP contribution in [0.1, 0.15) is 25.7 Å². The first-order valence-electron chi connectivity index (χ1n) is 10.1. The number of aryl methyl sites for hydroxylation is 1. The molecule has 0 bridgehead atoms. The van der Waals surface area contributed by atoms with E-state index in [0.717, 1.165) is 44.0 Å². The van der Waals surface area contributed by atoms with Crippen molar-refractivity contribution >= 4 is 40.8 Å². The maximum atomic E-state index is 4.37. The van der Waals surface area contributed by atoms with Crippen molar-refractivity contribution in [1.82, 2.24) is 20.1 Å². The average molecular weight is 481 g/mol. The van der Waals surface area contributed by atoms with Gasteiger partial charge in [0.25, 0.3) is 0 Å². The monoisotopic (exact) mass is 481 g/mol. The highest BCUT2D eigenvalue weighted by molar-refractivity contribution is 14.0. The van der Waals surface area contributed by atoms with Crippen LogP contribution in [0.3, 0.4) is 0 Å². The van der Waals surface area contributed by atoms with Gasteiger partial charge in [-0.25, -0.2) is 0 Å². The minimum atomic E-state index is 0. The van der Waals surface area contributed by atoms with Gasteiger partial charge in [0, 0.05) is 51.0 Å². The lowest BCUT2D eigenvalue weighted by atomic mass is 10.1. The maximum Gasteiger partial charge on any atom is 0.190 e. The van der Waals surface area contributed by atoms with Crippen molar-refractivity contribution in [3.8, 4) is 0 Å². The quantitative estimate of drug-likeness (QED) is 0.276. The Hall–Kier alpha value is -1.28. The summed E-state index contributed by atoms with van der Waals surface area (Å²) in [5.41, 5.74) is 1.32. The number of rotatable bonds is 7. The molecule has 1 atom stereocenters. The van der Waals surface area contributed by atoms with Crippen LogP contribution in [-0.2, 0) is 6.54 Å². The second kappa shape index (κ2) is 9.78. The van der Waals surface area contributed by atoms with Gasteiger partial charge >= 0.3 is 0 Å². The molecule has 1 saturated carbocycles. The Kier molecular flexibility index (Phi) is 7.41. The Morgan fingerprint density at radius 1 is 1.15 bits per heavy atom. The molecule has 6 heteroatoms. The van der Waals surface area contributed by atoms with E-state index in [9.17, 15) is 0 Å². The molecule has 1 aliphatic heterocycles. The second-order valence-electron chi connectivity index (χ2n) is 7.68. The van der Waals surface area contributed by atoms with Gasteiger partial charge in [0.2, 0.25) is 0 Å². The van der Waals surface area contributed by atoms with Crippen LogP contribution in [0.5, 0.6) is 0 Å². The molecule has 5 nitrogen and oxygen atoms in total. The van der Waals surface area contributed by atoms with Gasteiger partial charge in [-0.05, 0) is 55.7 Å². The fourth-order valence-electron chi connectivity index (χ4n) is 4.05. The number of fused-ring (bicyclic) bond motifs is 1. The van der Waals surface area contributed by atoms with Gasteiger partial charge in [0.15, 0.2) is 5.96 Å². The van der Waals surface area contributed by atoms with E-state index in [1.165, 1.54) is 43.3 Å². The lowest BCUT2D eigenvalue weighted by Gasteiger charge is -2.17. The van der Waals surface area contributed by atoms with Crippen LogP contribution in [0.15, 0.2) is 41.5 Å². The minimum Gasteiger partial charge on any atom is -0.356 e. The van der Waals surface area contributed by atoms with E-state index in [2.05, 4.69) is 61.6 Å². The molecule has 0 spiro atoms. The first-order valence-corrected chi connectivity index (χ1v) is 10.1. The number of halogens is 1. The van der Waals surface area contributed by atoms with Crippen LogP contribution in [-0.4, -0.2) is 54.7 Å².